The molecule has 0 saturated heterocycles. The van der Waals surface area contributed by atoms with Gasteiger partial charge in [0.25, 0.3) is 11.4 Å². The Morgan fingerprint density at radius 1 is 0.943 bits per heavy atom. The number of benzene rings is 3. The van der Waals surface area contributed by atoms with Gasteiger partial charge < -0.3 is 0 Å². The molecule has 0 aliphatic rings. The Morgan fingerprint density at radius 2 is 1.51 bits per heavy atom. The molecule has 12 heteroatoms. The molecule has 35 heavy (non-hydrogen) atoms. The molecule has 0 bridgehead atoms. The van der Waals surface area contributed by atoms with E-state index >= 15 is 4.39 Å². The number of ketones is 1. The highest BCUT2D eigenvalue weighted by molar-refractivity contribution is 6.36. The molecule has 0 amide bonds. The van der Waals surface area contributed by atoms with E-state index in [2.05, 4.69) is 0 Å². The Bertz CT molecular complexity index is 1350. The second-order valence-electron chi connectivity index (χ2n) is 7.28. The van der Waals surface area contributed by atoms with E-state index in [1.807, 2.05) is 0 Å². The number of carbonyl (C=O) groups excluding carboxylic acids is 1. The highest BCUT2D eigenvalue weighted by Gasteiger charge is 2.58. The molecule has 3 aromatic rings. The van der Waals surface area contributed by atoms with Crippen LogP contribution in [-0.4, -0.2) is 16.9 Å². The van der Waals surface area contributed by atoms with Crippen LogP contribution < -0.4 is 0 Å². The van der Waals surface area contributed by atoms with E-state index in [0.29, 0.717) is 0 Å². The quantitative estimate of drug-likeness (QED) is 0.138. The molecule has 0 aliphatic heterocycles. The van der Waals surface area contributed by atoms with Crippen molar-refractivity contribution in [2.24, 2.45) is 0 Å². The van der Waals surface area contributed by atoms with E-state index in [1.54, 1.807) is 6.07 Å². The van der Waals surface area contributed by atoms with E-state index in [-0.39, 0.29) is 21.7 Å². The van der Waals surface area contributed by atoms with Gasteiger partial charge in [-0.15, -0.1) is 0 Å². The largest absolute Gasteiger partial charge is 0.431 e. The van der Waals surface area contributed by atoms with Crippen molar-refractivity contribution >= 4 is 46.3 Å². The molecule has 5 nitrogen and oxygen atoms in total. The maximum atomic E-state index is 15.7. The summed E-state index contributed by atoms with van der Waals surface area (Å²) in [4.78, 5) is 23.0. The van der Waals surface area contributed by atoms with Gasteiger partial charge in [-0.2, -0.15) is 18.4 Å². The number of nitro groups is 1. The third-order valence-corrected chi connectivity index (χ3v) is 6.07. The summed E-state index contributed by atoms with van der Waals surface area (Å²) in [6.45, 7) is 0. The summed E-state index contributed by atoms with van der Waals surface area (Å²) in [5, 5.41) is 19.4. The van der Waals surface area contributed by atoms with Crippen molar-refractivity contribution < 1.29 is 27.3 Å². The molecule has 1 unspecified atom stereocenters. The Hall–Kier alpha value is -3.19. The van der Waals surface area contributed by atoms with Gasteiger partial charge >= 0.3 is 6.18 Å². The topological polar surface area (TPSA) is 84.0 Å². The Kier molecular flexibility index (Phi) is 7.41. The fraction of sp³-hybridized carbons (Fsp3) is 0.130. The van der Waals surface area contributed by atoms with Gasteiger partial charge in [-0.25, -0.2) is 4.39 Å². The minimum atomic E-state index is -5.40. The summed E-state index contributed by atoms with van der Waals surface area (Å²) in [5.41, 5.74) is -6.76. The second-order valence-corrected chi connectivity index (χ2v) is 8.53. The van der Waals surface area contributed by atoms with Gasteiger partial charge in [-0.1, -0.05) is 46.9 Å². The first-order valence-electron chi connectivity index (χ1n) is 9.51. The van der Waals surface area contributed by atoms with Gasteiger partial charge in [0.15, 0.2) is 5.78 Å². The first kappa shape index (κ1) is 26.4. The first-order chi connectivity index (χ1) is 16.3. The van der Waals surface area contributed by atoms with Crippen LogP contribution in [0.15, 0.2) is 54.6 Å². The number of nitriles is 1. The molecular weight excluding hydrogens is 535 g/mol. The number of carbonyl (C=O) groups is 1. The maximum absolute atomic E-state index is 15.7. The lowest BCUT2D eigenvalue weighted by Gasteiger charge is -2.29. The summed E-state index contributed by atoms with van der Waals surface area (Å²) in [7, 11) is 0. The van der Waals surface area contributed by atoms with Gasteiger partial charge in [-0.05, 0) is 42.0 Å². The third kappa shape index (κ3) is 5.10. The number of alkyl halides is 4. The van der Waals surface area contributed by atoms with Crippen LogP contribution in [0.25, 0.3) is 0 Å². The van der Waals surface area contributed by atoms with Crippen LogP contribution >= 0.6 is 34.8 Å². The number of Topliss-reactive ketones (excluding diaryl/α,β-unsaturated/α-hetero) is 1. The van der Waals surface area contributed by atoms with E-state index < -0.39 is 55.8 Å². The Labute approximate surface area is 210 Å². The SMILES string of the molecule is N#Cc1ccc(C(=O)Cc2c(Cl)cc(C(F)(c3ccc(Cl)cc3)C(F)(F)F)cc2Cl)cc1[N+](=O)[O-]. The zero-order chi connectivity index (χ0) is 26.1. The normalized spacial score (nSPS) is 13.1. The van der Waals surface area contributed by atoms with Crippen molar-refractivity contribution in [1.29, 1.82) is 5.26 Å². The maximum Gasteiger partial charge on any atom is 0.431 e. The Balaban J connectivity index is 2.03. The molecule has 0 spiro atoms. The van der Waals surface area contributed by atoms with Crippen LogP contribution in [0.4, 0.5) is 23.2 Å². The van der Waals surface area contributed by atoms with Crippen LogP contribution in [0.2, 0.25) is 15.1 Å². The van der Waals surface area contributed by atoms with Crippen LogP contribution in [0.1, 0.15) is 32.6 Å². The fourth-order valence-corrected chi connectivity index (χ4v) is 4.10. The number of halogens is 7. The number of hydrogen-bond acceptors (Lipinski definition) is 4. The summed E-state index contributed by atoms with van der Waals surface area (Å²) in [5.74, 6) is -0.714. The van der Waals surface area contributed by atoms with Gasteiger partial charge in [-0.3, -0.25) is 14.9 Å². The lowest BCUT2D eigenvalue weighted by atomic mass is 9.86. The molecule has 180 valence electrons. The first-order valence-corrected chi connectivity index (χ1v) is 10.6. The van der Waals surface area contributed by atoms with Gasteiger partial charge in [0.05, 0.1) is 4.92 Å². The number of hydrogen-bond donors (Lipinski definition) is 0. The number of nitro benzene ring substituents is 1. The molecular formula is C23H11Cl3F4N2O3. The second kappa shape index (κ2) is 9.82. The summed E-state index contributed by atoms with van der Waals surface area (Å²) < 4.78 is 57.4. The average molecular weight is 546 g/mol. The molecule has 0 aliphatic carbocycles. The molecule has 1 atom stereocenters. The minimum Gasteiger partial charge on any atom is -0.294 e. The number of nitrogens with zero attached hydrogens (tertiary/aromatic N) is 2. The summed E-state index contributed by atoms with van der Waals surface area (Å²) >= 11 is 17.9. The standard InChI is InChI=1S/C23H11Cl3F4N2O3/c24-16-5-3-14(4-6-16)22(27,23(28,29)30)15-8-18(25)17(19(26)9-15)10-21(33)12-1-2-13(11-31)20(7-12)32(34)35/h1-9H,10H2. The van der Waals surface area contributed by atoms with Gasteiger partial charge in [0.1, 0.15) is 11.6 Å². The van der Waals surface area contributed by atoms with Crippen molar-refractivity contribution in [2.75, 3.05) is 0 Å². The molecule has 3 aromatic carbocycles. The average Bonchev–Trinajstić information content (AvgIpc) is 2.79. The Morgan fingerprint density at radius 3 is 2.00 bits per heavy atom. The van der Waals surface area contributed by atoms with Crippen molar-refractivity contribution in [1.82, 2.24) is 0 Å². The fourth-order valence-electron chi connectivity index (χ4n) is 3.36. The van der Waals surface area contributed by atoms with Crippen LogP contribution in [0, 0.1) is 21.4 Å². The van der Waals surface area contributed by atoms with Crippen molar-refractivity contribution in [3.05, 3.63) is 108 Å². The zero-order valence-electron chi connectivity index (χ0n) is 17.2. The molecule has 0 radical (unpaired) electrons. The van der Waals surface area contributed by atoms with Crippen molar-refractivity contribution in [3.63, 3.8) is 0 Å². The van der Waals surface area contributed by atoms with Crippen molar-refractivity contribution in [3.8, 4) is 6.07 Å². The van der Waals surface area contributed by atoms with Crippen LogP contribution in [0.3, 0.4) is 0 Å². The van der Waals surface area contributed by atoms with E-state index in [1.165, 1.54) is 6.07 Å². The monoisotopic (exact) mass is 544 g/mol. The van der Waals surface area contributed by atoms with E-state index in [4.69, 9.17) is 40.1 Å². The predicted molar refractivity (Wildman–Crippen MR) is 122 cm³/mol. The molecule has 0 fully saturated rings. The third-order valence-electron chi connectivity index (χ3n) is 5.15. The van der Waals surface area contributed by atoms with Crippen molar-refractivity contribution in [2.45, 2.75) is 18.3 Å². The molecule has 0 heterocycles. The van der Waals surface area contributed by atoms with Crippen LogP contribution in [-0.2, 0) is 12.1 Å². The lowest BCUT2D eigenvalue weighted by molar-refractivity contribution is -0.385. The smallest absolute Gasteiger partial charge is 0.294 e. The molecule has 0 N–H and O–H groups in total. The predicted octanol–water partition coefficient (Wildman–Crippen LogP) is 7.63. The number of rotatable bonds is 6. The van der Waals surface area contributed by atoms with E-state index in [9.17, 15) is 28.1 Å². The summed E-state index contributed by atoms with van der Waals surface area (Å²) in [6, 6.07) is 10.2. The molecule has 3 rings (SSSR count). The highest BCUT2D eigenvalue weighted by Crippen LogP contribution is 2.49. The summed E-state index contributed by atoms with van der Waals surface area (Å²) in [6.07, 6.45) is -5.94. The highest BCUT2D eigenvalue weighted by atomic mass is 35.5. The van der Waals surface area contributed by atoms with Gasteiger partial charge in [0.2, 0.25) is 0 Å². The zero-order valence-corrected chi connectivity index (χ0v) is 19.4. The van der Waals surface area contributed by atoms with Gasteiger partial charge in [0, 0.05) is 44.2 Å². The lowest BCUT2D eigenvalue weighted by Crippen LogP contribution is -2.39. The molecule has 0 aromatic heterocycles. The van der Waals surface area contributed by atoms with Crippen LogP contribution in [0.5, 0.6) is 0 Å². The molecule has 0 saturated carbocycles. The van der Waals surface area contributed by atoms with E-state index in [0.717, 1.165) is 48.5 Å². The minimum absolute atomic E-state index is 0.102.